The molecule has 1 N–H and O–H groups in total. The van der Waals surface area contributed by atoms with Gasteiger partial charge in [0.25, 0.3) is 0 Å². The Kier molecular flexibility index (Phi) is 11.5. The first-order chi connectivity index (χ1) is 26.1. The first-order valence-electron chi connectivity index (χ1n) is 18.9. The Balaban J connectivity index is 0.986. The molecule has 0 saturated carbocycles. The smallest absolute Gasteiger partial charge is 0.410 e. The molecule has 2 aromatic heterocycles. The van der Waals surface area contributed by atoms with Gasteiger partial charge in [0.1, 0.15) is 21.8 Å². The second-order valence-corrected chi connectivity index (χ2v) is 17.0. The molecule has 0 aliphatic carbocycles. The molecule has 0 bridgehead atoms. The lowest BCUT2D eigenvalue weighted by molar-refractivity contribution is -0.135. The second kappa shape index (κ2) is 16.7. The number of hydrogen-bond acceptors (Lipinski definition) is 8. The van der Waals surface area contributed by atoms with Crippen molar-refractivity contribution in [3.05, 3.63) is 101 Å². The quantitative estimate of drug-likeness (QED) is 0.144. The highest BCUT2D eigenvalue weighted by molar-refractivity contribution is 7.15. The molecular formula is C43H47N5O4S2. The van der Waals surface area contributed by atoms with Crippen molar-refractivity contribution in [2.45, 2.75) is 77.9 Å². The summed E-state index contributed by atoms with van der Waals surface area (Å²) in [6.45, 7) is 9.47. The molecule has 11 heteroatoms. The summed E-state index contributed by atoms with van der Waals surface area (Å²) in [7, 11) is 0. The molecule has 2 aliphatic heterocycles. The van der Waals surface area contributed by atoms with Crippen LogP contribution in [0.1, 0.15) is 81.9 Å². The number of amides is 3. The van der Waals surface area contributed by atoms with Crippen molar-refractivity contribution < 1.29 is 19.1 Å². The molecule has 2 fully saturated rings. The Morgan fingerprint density at radius 3 is 1.74 bits per heavy atom. The molecule has 0 radical (unpaired) electrons. The van der Waals surface area contributed by atoms with Gasteiger partial charge in [0.05, 0.1) is 21.8 Å². The number of ether oxygens (including phenoxy) is 1. The van der Waals surface area contributed by atoms with Crippen molar-refractivity contribution in [1.29, 1.82) is 0 Å². The average molecular weight is 762 g/mol. The van der Waals surface area contributed by atoms with E-state index in [1.54, 1.807) is 46.9 Å². The fourth-order valence-electron chi connectivity index (χ4n) is 7.32. The zero-order chi connectivity index (χ0) is 37.8. The van der Waals surface area contributed by atoms with E-state index in [1.807, 2.05) is 42.1 Å². The van der Waals surface area contributed by atoms with Crippen LogP contribution in [0, 0.1) is 11.8 Å². The minimum absolute atomic E-state index is 0.0828. The maximum atomic E-state index is 13.8. The van der Waals surface area contributed by atoms with Crippen LogP contribution in [-0.4, -0.2) is 56.8 Å². The predicted molar refractivity (Wildman–Crippen MR) is 215 cm³/mol. The van der Waals surface area contributed by atoms with Crippen LogP contribution >= 0.6 is 22.7 Å². The topological polar surface area (TPSA) is 105 Å². The number of benzene rings is 3. The Morgan fingerprint density at radius 2 is 1.22 bits per heavy atom. The molecule has 5 aromatic rings. The second-order valence-electron chi connectivity index (χ2n) is 14.9. The number of carbonyl (C=O) groups is 3. The SMILES string of the molecule is CC(C)CC(=O)N1CCC[C@H]1c1ncc(-c2ccc(-c3ccc(-c4cnc([C@@H]5CCCN5C(=O)[C@H](NC(=O)Oc5ccccc5)C(C)C)s4)cc3)cc2)s1. The normalized spacial score (nSPS) is 17.7. The van der Waals surface area contributed by atoms with Crippen molar-refractivity contribution in [3.63, 3.8) is 0 Å². The van der Waals surface area contributed by atoms with Crippen molar-refractivity contribution >= 4 is 40.6 Å². The standard InChI is InChI=1S/C43H47N5O4S2/c1-27(2)24-38(49)47-22-8-12-34(47)40-44-25-36(53-40)31-18-14-29(15-19-31)30-16-20-32(21-17-30)37-26-45-41(54-37)35-13-9-23-48(35)42(50)39(28(3)4)46-43(51)52-33-10-6-5-7-11-33/h5-7,10-11,14-21,25-28,34-35,39H,8-9,12-13,22-24H2,1-4H3,(H,46,51)/t34-,35-,39+/m0/s1. The van der Waals surface area contributed by atoms with Gasteiger partial charge in [-0.2, -0.15) is 0 Å². The van der Waals surface area contributed by atoms with Gasteiger partial charge < -0.3 is 19.9 Å². The van der Waals surface area contributed by atoms with Gasteiger partial charge in [0.15, 0.2) is 0 Å². The molecule has 7 rings (SSSR count). The largest absolute Gasteiger partial charge is 0.413 e. The van der Waals surface area contributed by atoms with Gasteiger partial charge in [-0.05, 0) is 71.9 Å². The highest BCUT2D eigenvalue weighted by atomic mass is 32.1. The summed E-state index contributed by atoms with van der Waals surface area (Å²) in [5.74, 6) is 0.771. The third kappa shape index (κ3) is 8.42. The van der Waals surface area contributed by atoms with Crippen LogP contribution < -0.4 is 10.1 Å². The van der Waals surface area contributed by atoms with Gasteiger partial charge in [0, 0.05) is 31.9 Å². The number of nitrogens with one attached hydrogen (secondary N) is 1. The Labute approximate surface area is 325 Å². The number of rotatable bonds is 11. The van der Waals surface area contributed by atoms with E-state index in [1.165, 1.54) is 0 Å². The maximum Gasteiger partial charge on any atom is 0.413 e. The van der Waals surface area contributed by atoms with Crippen LogP contribution in [0.4, 0.5) is 4.79 Å². The average Bonchev–Trinajstić information content (AvgIpc) is 4.01. The Hall–Kier alpha value is -4.87. The highest BCUT2D eigenvalue weighted by Gasteiger charge is 2.38. The molecule has 2 saturated heterocycles. The van der Waals surface area contributed by atoms with Gasteiger partial charge in [-0.25, -0.2) is 14.8 Å². The lowest BCUT2D eigenvalue weighted by atomic mass is 10.0. The van der Waals surface area contributed by atoms with Crippen LogP contribution in [0.25, 0.3) is 32.0 Å². The zero-order valence-electron chi connectivity index (χ0n) is 31.2. The van der Waals surface area contributed by atoms with E-state index in [0.29, 0.717) is 24.6 Å². The van der Waals surface area contributed by atoms with Gasteiger partial charge in [0.2, 0.25) is 11.8 Å². The van der Waals surface area contributed by atoms with E-state index >= 15 is 0 Å². The lowest BCUT2D eigenvalue weighted by Crippen LogP contribution is -2.51. The molecular weight excluding hydrogens is 715 g/mol. The lowest BCUT2D eigenvalue weighted by Gasteiger charge is -2.30. The van der Waals surface area contributed by atoms with Crippen LogP contribution in [0.3, 0.4) is 0 Å². The fourth-order valence-corrected chi connectivity index (χ4v) is 9.47. The number of likely N-dealkylation sites (tertiary alicyclic amines) is 2. The number of para-hydroxylation sites is 1. The van der Waals surface area contributed by atoms with Gasteiger partial charge >= 0.3 is 6.09 Å². The molecule has 2 aliphatic rings. The minimum Gasteiger partial charge on any atom is -0.410 e. The van der Waals surface area contributed by atoms with E-state index in [9.17, 15) is 14.4 Å². The first-order valence-corrected chi connectivity index (χ1v) is 20.5. The third-order valence-corrected chi connectivity index (χ3v) is 12.4. The third-order valence-electron chi connectivity index (χ3n) is 10.1. The van der Waals surface area contributed by atoms with Crippen molar-refractivity contribution in [3.8, 4) is 37.8 Å². The molecule has 3 amide bonds. The fraction of sp³-hybridized carbons (Fsp3) is 0.372. The summed E-state index contributed by atoms with van der Waals surface area (Å²) in [6, 6.07) is 25.2. The van der Waals surface area contributed by atoms with Gasteiger partial charge in [-0.1, -0.05) is 94.4 Å². The molecule has 4 heterocycles. The van der Waals surface area contributed by atoms with Gasteiger partial charge in [-0.15, -0.1) is 22.7 Å². The van der Waals surface area contributed by atoms with Gasteiger partial charge in [-0.3, -0.25) is 9.59 Å². The Morgan fingerprint density at radius 1 is 0.722 bits per heavy atom. The highest BCUT2D eigenvalue weighted by Crippen LogP contribution is 2.40. The van der Waals surface area contributed by atoms with Crippen LogP contribution in [-0.2, 0) is 9.59 Å². The van der Waals surface area contributed by atoms with E-state index < -0.39 is 12.1 Å². The van der Waals surface area contributed by atoms with Crippen LogP contribution in [0.2, 0.25) is 0 Å². The molecule has 0 unspecified atom stereocenters. The van der Waals surface area contributed by atoms with Crippen molar-refractivity contribution in [2.75, 3.05) is 13.1 Å². The summed E-state index contributed by atoms with van der Waals surface area (Å²) in [6.07, 6.45) is 7.48. The summed E-state index contributed by atoms with van der Waals surface area (Å²) >= 11 is 3.30. The summed E-state index contributed by atoms with van der Waals surface area (Å²) in [5.41, 5.74) is 4.44. The van der Waals surface area contributed by atoms with Crippen molar-refractivity contribution in [2.24, 2.45) is 11.8 Å². The molecule has 0 spiro atoms. The van der Waals surface area contributed by atoms with Crippen LogP contribution in [0.15, 0.2) is 91.3 Å². The molecule has 9 nitrogen and oxygen atoms in total. The maximum absolute atomic E-state index is 13.8. The van der Waals surface area contributed by atoms with Crippen molar-refractivity contribution in [1.82, 2.24) is 25.1 Å². The monoisotopic (exact) mass is 761 g/mol. The van der Waals surface area contributed by atoms with E-state index in [2.05, 4.69) is 67.7 Å². The minimum atomic E-state index is -0.712. The molecule has 54 heavy (non-hydrogen) atoms. The Bertz CT molecular complexity index is 2060. The van der Waals surface area contributed by atoms with E-state index in [4.69, 9.17) is 14.7 Å². The molecule has 280 valence electrons. The summed E-state index contributed by atoms with van der Waals surface area (Å²) < 4.78 is 5.42. The molecule has 3 aromatic carbocycles. The number of hydrogen-bond donors (Lipinski definition) is 1. The zero-order valence-corrected chi connectivity index (χ0v) is 32.9. The van der Waals surface area contributed by atoms with Crippen LogP contribution in [0.5, 0.6) is 5.75 Å². The first kappa shape index (κ1) is 37.4. The number of carbonyl (C=O) groups excluding carboxylic acids is 3. The predicted octanol–water partition coefficient (Wildman–Crippen LogP) is 9.79. The summed E-state index contributed by atoms with van der Waals surface area (Å²) in [5, 5.41) is 4.74. The molecule has 3 atom stereocenters. The van der Waals surface area contributed by atoms with E-state index in [0.717, 1.165) is 74.3 Å². The number of aromatic nitrogens is 2. The van der Waals surface area contributed by atoms with E-state index in [-0.39, 0.29) is 29.8 Å². The number of nitrogens with zero attached hydrogens (tertiary/aromatic N) is 4. The number of thiazole rings is 2. The summed E-state index contributed by atoms with van der Waals surface area (Å²) in [4.78, 5) is 55.0.